The molecule has 0 saturated carbocycles. The normalized spacial score (nSPS) is 28.3. The SMILES string of the molecule is CC1(C)C[C@@]2(CCO1)Oc1ccccc1[C@H]1CC(c3ccc(F)cc3)=NN12. The lowest BCUT2D eigenvalue weighted by atomic mass is 9.86. The van der Waals surface area contributed by atoms with E-state index in [4.69, 9.17) is 14.6 Å². The molecule has 3 aliphatic heterocycles. The third kappa shape index (κ3) is 2.72. The predicted molar refractivity (Wildman–Crippen MR) is 101 cm³/mol. The molecular formula is C22H23FN2O2. The van der Waals surface area contributed by atoms with Crippen molar-refractivity contribution in [3.8, 4) is 5.75 Å². The second-order valence-electron chi connectivity index (χ2n) is 8.24. The van der Waals surface area contributed by atoms with Crippen LogP contribution in [0.25, 0.3) is 0 Å². The second kappa shape index (κ2) is 5.80. The highest BCUT2D eigenvalue weighted by molar-refractivity contribution is 6.01. The summed E-state index contributed by atoms with van der Waals surface area (Å²) in [4.78, 5) is 0. The molecule has 0 aliphatic carbocycles. The lowest BCUT2D eigenvalue weighted by Gasteiger charge is -2.52. The van der Waals surface area contributed by atoms with Crippen LogP contribution in [0.1, 0.15) is 50.3 Å². The second-order valence-corrected chi connectivity index (χ2v) is 8.24. The largest absolute Gasteiger partial charge is 0.466 e. The molecule has 140 valence electrons. The van der Waals surface area contributed by atoms with Gasteiger partial charge in [0, 0.05) is 24.8 Å². The van der Waals surface area contributed by atoms with Gasteiger partial charge in [-0.25, -0.2) is 9.40 Å². The molecule has 2 atom stereocenters. The topological polar surface area (TPSA) is 34.1 Å². The molecule has 5 rings (SSSR count). The van der Waals surface area contributed by atoms with Gasteiger partial charge in [0.05, 0.1) is 24.0 Å². The summed E-state index contributed by atoms with van der Waals surface area (Å²) >= 11 is 0. The van der Waals surface area contributed by atoms with Gasteiger partial charge < -0.3 is 9.47 Å². The van der Waals surface area contributed by atoms with Gasteiger partial charge in [-0.3, -0.25) is 0 Å². The molecule has 27 heavy (non-hydrogen) atoms. The zero-order chi connectivity index (χ0) is 18.6. The van der Waals surface area contributed by atoms with Crippen LogP contribution in [-0.2, 0) is 4.74 Å². The van der Waals surface area contributed by atoms with Crippen LogP contribution in [0.4, 0.5) is 4.39 Å². The standard InChI is InChI=1S/C22H23FN2O2/c1-21(2)14-22(11-12-26-21)25-19(17-5-3-4-6-20(17)27-22)13-18(24-25)15-7-9-16(23)10-8-15/h3-10,19H,11-14H2,1-2H3/t19-,22-/m1/s1. The van der Waals surface area contributed by atoms with Gasteiger partial charge in [-0.15, -0.1) is 0 Å². The van der Waals surface area contributed by atoms with Crippen molar-refractivity contribution in [1.29, 1.82) is 0 Å². The number of hydrogen-bond acceptors (Lipinski definition) is 4. The van der Waals surface area contributed by atoms with Crippen molar-refractivity contribution in [2.75, 3.05) is 6.61 Å². The fourth-order valence-corrected chi connectivity index (χ4v) is 4.62. The minimum Gasteiger partial charge on any atom is -0.466 e. The number of benzene rings is 2. The van der Waals surface area contributed by atoms with Gasteiger partial charge in [0.2, 0.25) is 5.72 Å². The van der Waals surface area contributed by atoms with Crippen LogP contribution in [0.15, 0.2) is 53.6 Å². The molecule has 3 heterocycles. The maximum Gasteiger partial charge on any atom is 0.203 e. The third-order valence-corrected chi connectivity index (χ3v) is 5.77. The minimum atomic E-state index is -0.511. The van der Waals surface area contributed by atoms with Gasteiger partial charge in [0.25, 0.3) is 0 Å². The van der Waals surface area contributed by atoms with Crippen LogP contribution in [-0.4, -0.2) is 28.7 Å². The van der Waals surface area contributed by atoms with Crippen LogP contribution in [0.2, 0.25) is 0 Å². The summed E-state index contributed by atoms with van der Waals surface area (Å²) in [5.74, 6) is 0.707. The summed E-state index contributed by atoms with van der Waals surface area (Å²) in [6.07, 6.45) is 2.29. The molecule has 3 aliphatic rings. The average Bonchev–Trinajstić information content (AvgIpc) is 3.08. The Kier molecular flexibility index (Phi) is 3.60. The van der Waals surface area contributed by atoms with Crippen molar-refractivity contribution in [2.24, 2.45) is 5.10 Å². The summed E-state index contributed by atoms with van der Waals surface area (Å²) < 4.78 is 25.9. The van der Waals surface area contributed by atoms with Gasteiger partial charge in [-0.05, 0) is 37.6 Å². The molecule has 0 radical (unpaired) electrons. The van der Waals surface area contributed by atoms with Crippen LogP contribution < -0.4 is 4.74 Å². The molecule has 2 aromatic carbocycles. The first-order chi connectivity index (χ1) is 13.0. The smallest absolute Gasteiger partial charge is 0.203 e. The minimum absolute atomic E-state index is 0.129. The van der Waals surface area contributed by atoms with E-state index in [1.54, 1.807) is 12.1 Å². The molecule has 1 fully saturated rings. The maximum atomic E-state index is 13.4. The summed E-state index contributed by atoms with van der Waals surface area (Å²) in [6.45, 7) is 4.85. The zero-order valence-corrected chi connectivity index (χ0v) is 15.6. The summed E-state index contributed by atoms with van der Waals surface area (Å²) in [7, 11) is 0. The van der Waals surface area contributed by atoms with Gasteiger partial charge in [0.15, 0.2) is 0 Å². The van der Waals surface area contributed by atoms with E-state index in [1.807, 2.05) is 18.2 Å². The number of ether oxygens (including phenoxy) is 2. The van der Waals surface area contributed by atoms with E-state index in [1.165, 1.54) is 12.1 Å². The molecule has 1 spiro atoms. The van der Waals surface area contributed by atoms with E-state index < -0.39 is 5.72 Å². The van der Waals surface area contributed by atoms with E-state index in [2.05, 4.69) is 24.9 Å². The molecular weight excluding hydrogens is 343 g/mol. The van der Waals surface area contributed by atoms with E-state index >= 15 is 0 Å². The monoisotopic (exact) mass is 366 g/mol. The summed E-state index contributed by atoms with van der Waals surface area (Å²) in [6, 6.07) is 15.0. The molecule has 0 amide bonds. The predicted octanol–water partition coefficient (Wildman–Crippen LogP) is 4.65. The zero-order valence-electron chi connectivity index (χ0n) is 15.6. The molecule has 2 aromatic rings. The first-order valence-corrected chi connectivity index (χ1v) is 9.51. The lowest BCUT2D eigenvalue weighted by molar-refractivity contribution is -0.212. The highest BCUT2D eigenvalue weighted by Crippen LogP contribution is 2.51. The number of rotatable bonds is 1. The molecule has 0 aromatic heterocycles. The summed E-state index contributed by atoms with van der Waals surface area (Å²) in [5.41, 5.74) is 2.31. The van der Waals surface area contributed by atoms with Crippen molar-refractivity contribution in [3.05, 3.63) is 65.5 Å². The van der Waals surface area contributed by atoms with Crippen molar-refractivity contribution >= 4 is 5.71 Å². The van der Waals surface area contributed by atoms with Crippen molar-refractivity contribution in [3.63, 3.8) is 0 Å². The van der Waals surface area contributed by atoms with Crippen LogP contribution in [0.5, 0.6) is 5.75 Å². The highest BCUT2D eigenvalue weighted by Gasteiger charge is 2.54. The molecule has 0 unspecified atom stereocenters. The van der Waals surface area contributed by atoms with Crippen molar-refractivity contribution < 1.29 is 13.9 Å². The van der Waals surface area contributed by atoms with Gasteiger partial charge in [0.1, 0.15) is 11.6 Å². The van der Waals surface area contributed by atoms with Gasteiger partial charge in [-0.2, -0.15) is 5.10 Å². The average molecular weight is 366 g/mol. The number of halogens is 1. The lowest BCUT2D eigenvalue weighted by Crippen LogP contribution is -2.60. The Labute approximate surface area is 158 Å². The van der Waals surface area contributed by atoms with Gasteiger partial charge in [-0.1, -0.05) is 30.3 Å². The Morgan fingerprint density at radius 3 is 2.67 bits per heavy atom. The molecule has 4 nitrogen and oxygen atoms in total. The Bertz CT molecular complexity index is 909. The first-order valence-electron chi connectivity index (χ1n) is 9.51. The van der Waals surface area contributed by atoms with E-state index in [0.717, 1.165) is 41.9 Å². The molecule has 0 bridgehead atoms. The number of hydrazone groups is 1. The molecule has 1 saturated heterocycles. The Morgan fingerprint density at radius 1 is 1.11 bits per heavy atom. The fraction of sp³-hybridized carbons (Fsp3) is 0.409. The Balaban J connectivity index is 1.60. The number of nitrogens with zero attached hydrogens (tertiary/aromatic N) is 2. The Hall–Kier alpha value is -2.40. The Morgan fingerprint density at radius 2 is 1.89 bits per heavy atom. The maximum absolute atomic E-state index is 13.4. The van der Waals surface area contributed by atoms with E-state index in [-0.39, 0.29) is 17.5 Å². The van der Waals surface area contributed by atoms with Crippen molar-refractivity contribution in [2.45, 2.75) is 50.5 Å². The van der Waals surface area contributed by atoms with Crippen LogP contribution >= 0.6 is 0 Å². The third-order valence-electron chi connectivity index (χ3n) is 5.77. The van der Waals surface area contributed by atoms with Crippen LogP contribution in [0, 0.1) is 5.82 Å². The molecule has 0 N–H and O–H groups in total. The number of hydrogen-bond donors (Lipinski definition) is 0. The molecule has 5 heteroatoms. The van der Waals surface area contributed by atoms with Crippen molar-refractivity contribution in [1.82, 2.24) is 5.01 Å². The van der Waals surface area contributed by atoms with E-state index in [0.29, 0.717) is 6.61 Å². The quantitative estimate of drug-likeness (QED) is 0.736. The summed E-state index contributed by atoms with van der Waals surface area (Å²) in [5, 5.41) is 7.15. The van der Waals surface area contributed by atoms with Gasteiger partial charge >= 0.3 is 0 Å². The van der Waals surface area contributed by atoms with Crippen LogP contribution in [0.3, 0.4) is 0 Å². The van der Waals surface area contributed by atoms with E-state index in [9.17, 15) is 4.39 Å². The number of para-hydroxylation sites is 1. The fourth-order valence-electron chi connectivity index (χ4n) is 4.62. The first kappa shape index (κ1) is 16.8. The highest BCUT2D eigenvalue weighted by atomic mass is 19.1. The number of fused-ring (bicyclic) bond motifs is 4.